The molecule has 0 heterocycles. The van der Waals surface area contributed by atoms with Crippen LogP contribution in [0.15, 0.2) is 42.5 Å². The zero-order chi connectivity index (χ0) is 14.5. The molecule has 0 saturated heterocycles. The van der Waals surface area contributed by atoms with Crippen molar-refractivity contribution in [2.75, 3.05) is 5.33 Å². The van der Waals surface area contributed by atoms with Crippen LogP contribution in [-0.2, 0) is 12.8 Å². The molecule has 20 heavy (non-hydrogen) atoms. The summed E-state index contributed by atoms with van der Waals surface area (Å²) in [5, 5.41) is 2.01. The number of hydrogen-bond acceptors (Lipinski definition) is 0. The van der Waals surface area contributed by atoms with Crippen molar-refractivity contribution in [1.82, 2.24) is 0 Å². The molecular formula is C16H14BrCl2F. The van der Waals surface area contributed by atoms with Crippen molar-refractivity contribution in [1.29, 1.82) is 0 Å². The second-order valence-electron chi connectivity index (χ2n) is 4.77. The van der Waals surface area contributed by atoms with E-state index in [0.29, 0.717) is 16.0 Å². The summed E-state index contributed by atoms with van der Waals surface area (Å²) in [4.78, 5) is 0. The van der Waals surface area contributed by atoms with Crippen molar-refractivity contribution < 1.29 is 4.39 Å². The smallest absolute Gasteiger partial charge is 0.123 e. The minimum atomic E-state index is -0.198. The molecule has 1 atom stereocenters. The van der Waals surface area contributed by atoms with E-state index in [1.54, 1.807) is 18.2 Å². The van der Waals surface area contributed by atoms with Crippen LogP contribution in [0.5, 0.6) is 0 Å². The van der Waals surface area contributed by atoms with Crippen LogP contribution >= 0.6 is 39.1 Å². The van der Waals surface area contributed by atoms with Crippen molar-refractivity contribution in [3.63, 3.8) is 0 Å². The molecular weight excluding hydrogens is 362 g/mol. The van der Waals surface area contributed by atoms with Gasteiger partial charge in [-0.05, 0) is 48.1 Å². The van der Waals surface area contributed by atoms with Gasteiger partial charge in [-0.1, -0.05) is 63.4 Å². The lowest BCUT2D eigenvalue weighted by molar-refractivity contribution is 0.582. The first-order chi connectivity index (χ1) is 9.60. The zero-order valence-electron chi connectivity index (χ0n) is 10.8. The Morgan fingerprint density at radius 1 is 1.05 bits per heavy atom. The Bertz CT molecular complexity index is 586. The maximum absolute atomic E-state index is 13.2. The van der Waals surface area contributed by atoms with Gasteiger partial charge in [0.25, 0.3) is 0 Å². The van der Waals surface area contributed by atoms with Crippen LogP contribution in [0.3, 0.4) is 0 Å². The van der Waals surface area contributed by atoms with E-state index in [1.807, 2.05) is 18.2 Å². The average molecular weight is 376 g/mol. The highest BCUT2D eigenvalue weighted by Gasteiger charge is 2.13. The van der Waals surface area contributed by atoms with E-state index in [-0.39, 0.29) is 5.82 Å². The molecule has 0 saturated carbocycles. The van der Waals surface area contributed by atoms with E-state index in [4.69, 9.17) is 23.2 Å². The largest absolute Gasteiger partial charge is 0.207 e. The van der Waals surface area contributed by atoms with Crippen LogP contribution in [0, 0.1) is 11.7 Å². The van der Waals surface area contributed by atoms with Gasteiger partial charge in [-0.3, -0.25) is 0 Å². The van der Waals surface area contributed by atoms with Gasteiger partial charge in [-0.25, -0.2) is 4.39 Å². The molecule has 0 aliphatic carbocycles. The fourth-order valence-electron chi connectivity index (χ4n) is 2.20. The molecule has 0 spiro atoms. The molecule has 0 aromatic heterocycles. The number of benzene rings is 2. The van der Waals surface area contributed by atoms with Crippen molar-refractivity contribution in [2.45, 2.75) is 12.8 Å². The maximum atomic E-state index is 13.2. The summed E-state index contributed by atoms with van der Waals surface area (Å²) in [5.41, 5.74) is 2.02. The minimum Gasteiger partial charge on any atom is -0.207 e. The SMILES string of the molecule is Fc1cccc(CC(CBr)Cc2cccc(Cl)c2Cl)c1. The van der Waals surface area contributed by atoms with E-state index in [9.17, 15) is 4.39 Å². The molecule has 0 nitrogen and oxygen atoms in total. The first-order valence-corrected chi connectivity index (χ1v) is 8.21. The third-order valence-electron chi connectivity index (χ3n) is 3.17. The van der Waals surface area contributed by atoms with E-state index < -0.39 is 0 Å². The van der Waals surface area contributed by atoms with E-state index in [1.165, 1.54) is 6.07 Å². The van der Waals surface area contributed by atoms with Gasteiger partial charge in [-0.15, -0.1) is 0 Å². The minimum absolute atomic E-state index is 0.198. The molecule has 4 heteroatoms. The van der Waals surface area contributed by atoms with Gasteiger partial charge in [0.1, 0.15) is 5.82 Å². The Kier molecular flexibility index (Phi) is 5.88. The molecule has 0 aliphatic heterocycles. The average Bonchev–Trinajstić information content (AvgIpc) is 2.43. The summed E-state index contributed by atoms with van der Waals surface area (Å²) in [5.74, 6) is 0.143. The molecule has 0 amide bonds. The van der Waals surface area contributed by atoms with Crippen LogP contribution in [-0.4, -0.2) is 5.33 Å². The molecule has 0 radical (unpaired) electrons. The number of halogens is 4. The Morgan fingerprint density at radius 2 is 1.80 bits per heavy atom. The first-order valence-electron chi connectivity index (χ1n) is 6.33. The first kappa shape index (κ1) is 15.8. The Morgan fingerprint density at radius 3 is 2.50 bits per heavy atom. The van der Waals surface area contributed by atoms with Crippen LogP contribution in [0.4, 0.5) is 4.39 Å². The van der Waals surface area contributed by atoms with E-state index in [2.05, 4.69) is 15.9 Å². The lowest BCUT2D eigenvalue weighted by atomic mass is 9.94. The lowest BCUT2D eigenvalue weighted by Gasteiger charge is -2.15. The third-order valence-corrected chi connectivity index (χ3v) is 4.95. The lowest BCUT2D eigenvalue weighted by Crippen LogP contribution is -2.10. The monoisotopic (exact) mass is 374 g/mol. The highest BCUT2D eigenvalue weighted by Crippen LogP contribution is 2.28. The third kappa shape index (κ3) is 4.21. The normalized spacial score (nSPS) is 12.4. The van der Waals surface area contributed by atoms with Crippen LogP contribution < -0.4 is 0 Å². The van der Waals surface area contributed by atoms with Crippen molar-refractivity contribution in [2.24, 2.45) is 5.92 Å². The van der Waals surface area contributed by atoms with Crippen molar-refractivity contribution in [3.05, 3.63) is 69.5 Å². The Balaban J connectivity index is 2.11. The van der Waals surface area contributed by atoms with Crippen LogP contribution in [0.25, 0.3) is 0 Å². The molecule has 2 aromatic rings. The predicted molar refractivity (Wildman–Crippen MR) is 87.6 cm³/mol. The molecule has 2 rings (SSSR count). The molecule has 0 aliphatic rings. The van der Waals surface area contributed by atoms with Crippen molar-refractivity contribution in [3.8, 4) is 0 Å². The molecule has 106 valence electrons. The summed E-state index contributed by atoms with van der Waals surface area (Å²) in [6.07, 6.45) is 1.60. The number of rotatable bonds is 5. The van der Waals surface area contributed by atoms with Gasteiger partial charge in [0, 0.05) is 5.33 Å². The fraction of sp³-hybridized carbons (Fsp3) is 0.250. The summed E-state index contributed by atoms with van der Waals surface area (Å²) >= 11 is 15.8. The number of alkyl halides is 1. The second-order valence-corrected chi connectivity index (χ2v) is 6.20. The quantitative estimate of drug-likeness (QED) is 0.568. The Labute approximate surface area is 137 Å². The topological polar surface area (TPSA) is 0 Å². The van der Waals surface area contributed by atoms with Gasteiger partial charge in [0.15, 0.2) is 0 Å². The molecule has 0 fully saturated rings. The summed E-state index contributed by atoms with van der Waals surface area (Å²) in [6, 6.07) is 12.4. The van der Waals surface area contributed by atoms with Crippen LogP contribution in [0.2, 0.25) is 10.0 Å². The van der Waals surface area contributed by atoms with E-state index in [0.717, 1.165) is 29.3 Å². The fourth-order valence-corrected chi connectivity index (χ4v) is 3.05. The molecule has 0 bridgehead atoms. The van der Waals surface area contributed by atoms with Crippen LogP contribution in [0.1, 0.15) is 11.1 Å². The van der Waals surface area contributed by atoms with Gasteiger partial charge in [-0.2, -0.15) is 0 Å². The van der Waals surface area contributed by atoms with Gasteiger partial charge >= 0.3 is 0 Å². The van der Waals surface area contributed by atoms with E-state index >= 15 is 0 Å². The summed E-state index contributed by atoms with van der Waals surface area (Å²) in [6.45, 7) is 0. The molecule has 1 unspecified atom stereocenters. The maximum Gasteiger partial charge on any atom is 0.123 e. The Hall–Kier alpha value is -0.570. The number of hydrogen-bond donors (Lipinski definition) is 0. The highest BCUT2D eigenvalue weighted by molar-refractivity contribution is 9.09. The summed E-state index contributed by atoms with van der Waals surface area (Å²) < 4.78 is 13.2. The molecule has 2 aromatic carbocycles. The van der Waals surface area contributed by atoms with Gasteiger partial charge in [0.2, 0.25) is 0 Å². The predicted octanol–water partition coefficient (Wildman–Crippen LogP) is 5.93. The molecule has 0 N–H and O–H groups in total. The second kappa shape index (κ2) is 7.44. The summed E-state index contributed by atoms with van der Waals surface area (Å²) in [7, 11) is 0. The van der Waals surface area contributed by atoms with Gasteiger partial charge in [0.05, 0.1) is 10.0 Å². The standard InChI is InChI=1S/C16H14BrCl2F/c17-10-12(7-11-3-1-5-14(20)9-11)8-13-4-2-6-15(18)16(13)19/h1-6,9,12H,7-8,10H2. The zero-order valence-corrected chi connectivity index (χ0v) is 13.8. The van der Waals surface area contributed by atoms with Crippen molar-refractivity contribution >= 4 is 39.1 Å². The highest BCUT2D eigenvalue weighted by atomic mass is 79.9. The van der Waals surface area contributed by atoms with Gasteiger partial charge < -0.3 is 0 Å².